The highest BCUT2D eigenvalue weighted by Crippen LogP contribution is 2.76. The van der Waals surface area contributed by atoms with E-state index >= 15 is 0 Å². The molecule has 6 rings (SSSR count). The zero-order valence-corrected chi connectivity index (χ0v) is 29.3. The van der Waals surface area contributed by atoms with Crippen LogP contribution in [0.25, 0.3) is 0 Å². The summed E-state index contributed by atoms with van der Waals surface area (Å²) in [6.07, 6.45) is 8.84. The van der Waals surface area contributed by atoms with Crippen molar-refractivity contribution in [2.45, 2.75) is 119 Å². The van der Waals surface area contributed by atoms with E-state index in [1.54, 1.807) is 6.92 Å². The van der Waals surface area contributed by atoms with Gasteiger partial charge in [0.25, 0.3) is 0 Å². The summed E-state index contributed by atoms with van der Waals surface area (Å²) in [6, 6.07) is 0. The first kappa shape index (κ1) is 32.4. The van der Waals surface area contributed by atoms with Crippen molar-refractivity contribution in [2.75, 3.05) is 39.8 Å². The van der Waals surface area contributed by atoms with Crippen molar-refractivity contribution in [2.24, 2.45) is 50.7 Å². The minimum absolute atomic E-state index is 0.0146. The minimum Gasteiger partial charge on any atom is -0.462 e. The fourth-order valence-electron chi connectivity index (χ4n) is 12.7. The van der Waals surface area contributed by atoms with Crippen molar-refractivity contribution in [3.63, 3.8) is 0 Å². The van der Waals surface area contributed by atoms with Crippen molar-refractivity contribution in [1.82, 2.24) is 9.80 Å². The SMILES string of the molecule is CC(=O)OC1CCC2(C)C(CCC3(C)C2CCC2C4=C(C(C)C)C(=O)CC4(C(=O)CN4CCN(C)CC4)CCC23C)C1(C)C. The highest BCUT2D eigenvalue weighted by molar-refractivity contribution is 6.07. The molecule has 4 saturated carbocycles. The second kappa shape index (κ2) is 10.8. The predicted octanol–water partition coefficient (Wildman–Crippen LogP) is 6.72. The van der Waals surface area contributed by atoms with E-state index in [9.17, 15) is 14.4 Å². The number of piperazine rings is 1. The number of likely N-dealkylation sites (N-methyl/N-ethyl adjacent to an activating group) is 1. The molecular formula is C38H60N2O4. The number of nitrogens with zero attached hydrogens (tertiary/aromatic N) is 2. The van der Waals surface area contributed by atoms with E-state index in [-0.39, 0.29) is 45.4 Å². The molecule has 8 unspecified atom stereocenters. The number of hydrogen-bond donors (Lipinski definition) is 0. The Kier molecular flexibility index (Phi) is 7.92. The van der Waals surface area contributed by atoms with E-state index in [1.807, 2.05) is 0 Å². The molecule has 44 heavy (non-hydrogen) atoms. The Labute approximate surface area is 267 Å². The first-order valence-corrected chi connectivity index (χ1v) is 17.9. The largest absolute Gasteiger partial charge is 0.462 e. The number of rotatable bonds is 5. The van der Waals surface area contributed by atoms with Gasteiger partial charge in [-0.15, -0.1) is 0 Å². The summed E-state index contributed by atoms with van der Waals surface area (Å²) in [5, 5.41) is 0. The smallest absolute Gasteiger partial charge is 0.302 e. The van der Waals surface area contributed by atoms with Crippen LogP contribution < -0.4 is 0 Å². The number of carbonyl (C=O) groups excluding carboxylic acids is 3. The fourth-order valence-corrected chi connectivity index (χ4v) is 12.7. The van der Waals surface area contributed by atoms with Gasteiger partial charge < -0.3 is 9.64 Å². The van der Waals surface area contributed by atoms with Gasteiger partial charge in [0.05, 0.1) is 12.0 Å². The number of carbonyl (C=O) groups is 3. The molecule has 1 heterocycles. The number of esters is 1. The lowest BCUT2D eigenvalue weighted by Gasteiger charge is -2.72. The van der Waals surface area contributed by atoms with Crippen LogP contribution in [0.1, 0.15) is 113 Å². The highest BCUT2D eigenvalue weighted by atomic mass is 16.5. The lowest BCUT2D eigenvalue weighted by molar-refractivity contribution is -0.232. The van der Waals surface area contributed by atoms with Crippen LogP contribution >= 0.6 is 0 Å². The Hall–Kier alpha value is -1.53. The molecule has 6 nitrogen and oxygen atoms in total. The van der Waals surface area contributed by atoms with E-state index in [0.717, 1.165) is 76.7 Å². The lowest BCUT2D eigenvalue weighted by Crippen LogP contribution is -2.66. The van der Waals surface area contributed by atoms with Crippen LogP contribution in [0.5, 0.6) is 0 Å². The maximum atomic E-state index is 14.5. The summed E-state index contributed by atoms with van der Waals surface area (Å²) in [5.41, 5.74) is 2.03. The number of hydrogen-bond acceptors (Lipinski definition) is 6. The van der Waals surface area contributed by atoms with Gasteiger partial charge >= 0.3 is 5.97 Å². The molecule has 0 aromatic heterocycles. The van der Waals surface area contributed by atoms with Gasteiger partial charge in [-0.25, -0.2) is 0 Å². The number of fused-ring (bicyclic) bond motifs is 7. The van der Waals surface area contributed by atoms with Gasteiger partial charge in [-0.05, 0) is 109 Å². The summed E-state index contributed by atoms with van der Waals surface area (Å²) >= 11 is 0. The predicted molar refractivity (Wildman–Crippen MR) is 174 cm³/mol. The Balaban J connectivity index is 1.35. The average molecular weight is 609 g/mol. The molecule has 0 radical (unpaired) electrons. The van der Waals surface area contributed by atoms with E-state index in [0.29, 0.717) is 36.5 Å². The number of ketones is 2. The second-order valence-corrected chi connectivity index (χ2v) is 17.7. The molecule has 0 amide bonds. The molecule has 0 N–H and O–H groups in total. The third-order valence-electron chi connectivity index (χ3n) is 15.2. The molecular weight excluding hydrogens is 548 g/mol. The molecule has 246 valence electrons. The summed E-state index contributed by atoms with van der Waals surface area (Å²) in [7, 11) is 2.16. The monoisotopic (exact) mass is 608 g/mol. The zero-order valence-electron chi connectivity index (χ0n) is 29.3. The van der Waals surface area contributed by atoms with Gasteiger partial charge in [0.1, 0.15) is 6.10 Å². The zero-order chi connectivity index (χ0) is 32.0. The van der Waals surface area contributed by atoms with Crippen LogP contribution in [0.2, 0.25) is 0 Å². The first-order chi connectivity index (χ1) is 20.5. The van der Waals surface area contributed by atoms with Crippen LogP contribution in [0.4, 0.5) is 0 Å². The van der Waals surface area contributed by atoms with Gasteiger partial charge in [0.15, 0.2) is 11.6 Å². The topological polar surface area (TPSA) is 66.9 Å². The number of ether oxygens (including phenoxy) is 1. The van der Waals surface area contributed by atoms with E-state index in [2.05, 4.69) is 65.3 Å². The third kappa shape index (κ3) is 4.49. The Bertz CT molecular complexity index is 1250. The minimum atomic E-state index is -0.599. The molecule has 0 spiro atoms. The molecule has 1 aliphatic heterocycles. The van der Waals surface area contributed by atoms with Crippen molar-refractivity contribution in [3.8, 4) is 0 Å². The van der Waals surface area contributed by atoms with Crippen molar-refractivity contribution >= 4 is 17.5 Å². The Morgan fingerprint density at radius 2 is 1.55 bits per heavy atom. The van der Waals surface area contributed by atoms with Crippen molar-refractivity contribution in [3.05, 3.63) is 11.1 Å². The van der Waals surface area contributed by atoms with Gasteiger partial charge in [-0.3, -0.25) is 19.3 Å². The van der Waals surface area contributed by atoms with Crippen molar-refractivity contribution in [1.29, 1.82) is 0 Å². The van der Waals surface area contributed by atoms with Crippen LogP contribution in [-0.4, -0.2) is 73.2 Å². The first-order valence-electron chi connectivity index (χ1n) is 17.9. The van der Waals surface area contributed by atoms with Crippen molar-refractivity contribution < 1.29 is 19.1 Å². The van der Waals surface area contributed by atoms with Gasteiger partial charge in [0.2, 0.25) is 0 Å². The van der Waals surface area contributed by atoms with Gasteiger partial charge in [-0.2, -0.15) is 0 Å². The van der Waals surface area contributed by atoms with Crippen LogP contribution in [0.3, 0.4) is 0 Å². The molecule has 0 aromatic carbocycles. The number of allylic oxidation sites excluding steroid dienone is 2. The Morgan fingerprint density at radius 3 is 2.18 bits per heavy atom. The van der Waals surface area contributed by atoms with Gasteiger partial charge in [-0.1, -0.05) is 48.5 Å². The number of Topliss-reactive ketones (excluding diaryl/α,β-unsaturated/α-hetero) is 2. The van der Waals surface area contributed by atoms with Crippen LogP contribution in [-0.2, 0) is 19.1 Å². The lowest BCUT2D eigenvalue weighted by atomic mass is 9.33. The third-order valence-corrected chi connectivity index (χ3v) is 15.2. The fraction of sp³-hybridized carbons (Fsp3) is 0.868. The maximum absolute atomic E-state index is 14.5. The molecule has 0 bridgehead atoms. The molecule has 0 aromatic rings. The second-order valence-electron chi connectivity index (χ2n) is 17.7. The average Bonchev–Trinajstić information content (AvgIpc) is 3.25. The molecule has 6 aliphatic rings. The normalized spacial score (nSPS) is 44.1. The maximum Gasteiger partial charge on any atom is 0.302 e. The summed E-state index contributed by atoms with van der Waals surface area (Å²) in [5.74, 6) is 1.95. The summed E-state index contributed by atoms with van der Waals surface area (Å²) in [4.78, 5) is 45.2. The molecule has 5 fully saturated rings. The highest BCUT2D eigenvalue weighted by Gasteiger charge is 2.71. The summed E-state index contributed by atoms with van der Waals surface area (Å²) in [6.45, 7) is 22.7. The van der Waals surface area contributed by atoms with E-state index in [1.165, 1.54) is 12.0 Å². The molecule has 8 atom stereocenters. The quantitative estimate of drug-likeness (QED) is 0.323. The van der Waals surface area contributed by atoms with Gasteiger partial charge in [0, 0.05) is 44.9 Å². The van der Waals surface area contributed by atoms with Crippen LogP contribution in [0.15, 0.2) is 11.1 Å². The molecule has 6 heteroatoms. The standard InChI is InChI=1S/C38H60N2O4/c1-24(2)32-27(42)22-38(30(43)23-40-20-18-39(9)19-21-40)17-16-36(7)26(33(32)38)10-11-29-35(6)14-13-31(44-25(3)41)34(4,5)28(35)12-15-37(29,36)8/h24,26,28-29,31H,10-23H2,1-9H3. The van der Waals surface area contributed by atoms with E-state index in [4.69, 9.17) is 4.74 Å². The molecule has 5 aliphatic carbocycles. The Morgan fingerprint density at radius 1 is 0.864 bits per heavy atom. The van der Waals surface area contributed by atoms with Crippen LogP contribution in [0, 0.1) is 50.7 Å². The molecule has 1 saturated heterocycles. The summed E-state index contributed by atoms with van der Waals surface area (Å²) < 4.78 is 5.94. The van der Waals surface area contributed by atoms with E-state index < -0.39 is 5.41 Å².